The molecule has 1 amide bonds. The minimum Gasteiger partial charge on any atom is -0.461 e. The van der Waals surface area contributed by atoms with Crippen molar-refractivity contribution in [2.45, 2.75) is 43.3 Å². The molecule has 1 aliphatic heterocycles. The summed E-state index contributed by atoms with van der Waals surface area (Å²) in [5.41, 5.74) is 3.20. The number of carbonyl (C=O) groups excluding carboxylic acids is 1. The quantitative estimate of drug-likeness (QED) is 0.199. The van der Waals surface area contributed by atoms with Gasteiger partial charge in [0.05, 0.1) is 16.0 Å². The number of anilines is 3. The first-order chi connectivity index (χ1) is 20.1. The Morgan fingerprint density at radius 3 is 2.40 bits per heavy atom. The summed E-state index contributed by atoms with van der Waals surface area (Å²) in [7, 11) is -4.18. The number of halogens is 3. The number of benzene rings is 3. The third-order valence-corrected chi connectivity index (χ3v) is 8.76. The number of alkyl halides is 3. The van der Waals surface area contributed by atoms with Crippen molar-refractivity contribution < 1.29 is 30.8 Å². The molecule has 6 rings (SSSR count). The standard InChI is InChI=1S/C31H26F3N3O4S/c32-31(33,34)19-10-12-21(13-11-19)37-42(39,40)22-14-15-27-24(16-22)25(30(38)36-27)17-29-26(18-35-20-6-2-1-3-7-20)23-8-4-5-9-28(23)41-29/h1-3,6-7,10-17,35,37H,4-5,8-9,18H2,(H,36,38). The van der Waals surface area contributed by atoms with Gasteiger partial charge in [-0.05, 0) is 85.5 Å². The molecule has 0 atom stereocenters. The van der Waals surface area contributed by atoms with E-state index in [1.807, 2.05) is 30.3 Å². The van der Waals surface area contributed by atoms with Crippen molar-refractivity contribution in [3.63, 3.8) is 0 Å². The number of carbonyl (C=O) groups is 1. The van der Waals surface area contributed by atoms with Crippen LogP contribution in [0.15, 0.2) is 82.1 Å². The summed E-state index contributed by atoms with van der Waals surface area (Å²) >= 11 is 0. The molecule has 0 radical (unpaired) electrons. The van der Waals surface area contributed by atoms with Crippen LogP contribution in [0.1, 0.15) is 46.6 Å². The first-order valence-electron chi connectivity index (χ1n) is 13.4. The number of hydrogen-bond acceptors (Lipinski definition) is 5. The second-order valence-corrected chi connectivity index (χ2v) is 11.9. The Labute approximate surface area is 240 Å². The van der Waals surface area contributed by atoms with Crippen molar-refractivity contribution in [1.82, 2.24) is 0 Å². The van der Waals surface area contributed by atoms with Crippen LogP contribution in [0.25, 0.3) is 11.6 Å². The van der Waals surface area contributed by atoms with Crippen LogP contribution in [-0.4, -0.2) is 14.3 Å². The summed E-state index contributed by atoms with van der Waals surface area (Å²) in [6, 6.07) is 17.6. The number of nitrogens with one attached hydrogen (secondary N) is 3. The molecular weight excluding hydrogens is 567 g/mol. The first kappa shape index (κ1) is 27.6. The zero-order chi connectivity index (χ0) is 29.5. The molecule has 0 saturated carbocycles. The summed E-state index contributed by atoms with van der Waals surface area (Å²) < 4.78 is 73.6. The summed E-state index contributed by atoms with van der Waals surface area (Å²) in [6.07, 6.45) is 0.841. The molecule has 4 aromatic rings. The van der Waals surface area contributed by atoms with Crippen molar-refractivity contribution >= 4 is 44.6 Å². The fourth-order valence-corrected chi connectivity index (χ4v) is 6.34. The highest BCUT2D eigenvalue weighted by Gasteiger charge is 2.31. The van der Waals surface area contributed by atoms with Crippen LogP contribution in [0.5, 0.6) is 0 Å². The van der Waals surface area contributed by atoms with Gasteiger partial charge in [-0.15, -0.1) is 0 Å². The van der Waals surface area contributed by atoms with Crippen LogP contribution in [0.3, 0.4) is 0 Å². The molecule has 0 spiro atoms. The minimum absolute atomic E-state index is 0.0230. The van der Waals surface area contributed by atoms with Gasteiger partial charge in [0.2, 0.25) is 0 Å². The molecular formula is C31H26F3N3O4S. The number of amides is 1. The topological polar surface area (TPSA) is 100 Å². The van der Waals surface area contributed by atoms with Gasteiger partial charge < -0.3 is 15.1 Å². The Morgan fingerprint density at radius 2 is 1.67 bits per heavy atom. The fraction of sp³-hybridized carbons (Fsp3) is 0.194. The van der Waals surface area contributed by atoms with E-state index in [1.54, 1.807) is 6.08 Å². The van der Waals surface area contributed by atoms with E-state index in [2.05, 4.69) is 15.4 Å². The number of furan rings is 1. The van der Waals surface area contributed by atoms with E-state index in [-0.39, 0.29) is 16.2 Å². The molecule has 2 heterocycles. The van der Waals surface area contributed by atoms with E-state index in [0.29, 0.717) is 23.6 Å². The highest BCUT2D eigenvalue weighted by atomic mass is 32.2. The molecule has 0 saturated heterocycles. The van der Waals surface area contributed by atoms with Gasteiger partial charge in [0.1, 0.15) is 11.5 Å². The van der Waals surface area contributed by atoms with Crippen molar-refractivity contribution in [2.75, 3.05) is 15.4 Å². The lowest BCUT2D eigenvalue weighted by molar-refractivity contribution is -0.137. The molecule has 0 bridgehead atoms. The smallest absolute Gasteiger partial charge is 0.416 e. The van der Waals surface area contributed by atoms with Crippen LogP contribution in [-0.2, 0) is 40.4 Å². The second-order valence-electron chi connectivity index (χ2n) is 10.2. The summed E-state index contributed by atoms with van der Waals surface area (Å²) in [5, 5.41) is 6.19. The highest BCUT2D eigenvalue weighted by molar-refractivity contribution is 7.92. The van der Waals surface area contributed by atoms with Gasteiger partial charge in [0.15, 0.2) is 0 Å². The van der Waals surface area contributed by atoms with Gasteiger partial charge >= 0.3 is 6.18 Å². The molecule has 1 aliphatic carbocycles. The summed E-state index contributed by atoms with van der Waals surface area (Å²) in [4.78, 5) is 12.9. The minimum atomic E-state index is -4.54. The number of fused-ring (bicyclic) bond motifs is 2. The molecule has 11 heteroatoms. The third kappa shape index (κ3) is 5.52. The number of hydrogen-bond donors (Lipinski definition) is 3. The molecule has 0 unspecified atom stereocenters. The molecule has 1 aromatic heterocycles. The fourth-order valence-electron chi connectivity index (χ4n) is 5.26. The van der Waals surface area contributed by atoms with Gasteiger partial charge in [-0.2, -0.15) is 13.2 Å². The van der Waals surface area contributed by atoms with Gasteiger partial charge in [-0.3, -0.25) is 9.52 Å². The van der Waals surface area contributed by atoms with E-state index in [9.17, 15) is 26.4 Å². The zero-order valence-electron chi connectivity index (χ0n) is 22.2. The van der Waals surface area contributed by atoms with E-state index < -0.39 is 27.7 Å². The lowest BCUT2D eigenvalue weighted by Crippen LogP contribution is -2.13. The lowest BCUT2D eigenvalue weighted by Gasteiger charge is -2.12. The number of rotatable bonds is 7. The summed E-state index contributed by atoms with van der Waals surface area (Å²) in [6.45, 7) is 0.488. The van der Waals surface area contributed by atoms with Crippen molar-refractivity contribution in [1.29, 1.82) is 0 Å². The van der Waals surface area contributed by atoms with Gasteiger partial charge in [-0.25, -0.2) is 8.42 Å². The number of sulfonamides is 1. The zero-order valence-corrected chi connectivity index (χ0v) is 23.0. The average molecular weight is 594 g/mol. The van der Waals surface area contributed by atoms with Crippen molar-refractivity contribution in [3.05, 3.63) is 107 Å². The van der Waals surface area contributed by atoms with E-state index >= 15 is 0 Å². The molecule has 0 fully saturated rings. The van der Waals surface area contributed by atoms with Crippen LogP contribution in [0.4, 0.5) is 30.2 Å². The van der Waals surface area contributed by atoms with Crippen LogP contribution >= 0.6 is 0 Å². The first-order valence-corrected chi connectivity index (χ1v) is 14.9. The van der Waals surface area contributed by atoms with E-state index in [1.165, 1.54) is 18.2 Å². The van der Waals surface area contributed by atoms with Crippen molar-refractivity contribution in [3.8, 4) is 0 Å². The maximum atomic E-state index is 13.2. The van der Waals surface area contributed by atoms with Crippen molar-refractivity contribution in [2.24, 2.45) is 0 Å². The second kappa shape index (κ2) is 10.7. The Bertz CT molecular complexity index is 1800. The number of para-hydroxylation sites is 1. The maximum absolute atomic E-state index is 13.2. The predicted octanol–water partition coefficient (Wildman–Crippen LogP) is 7.08. The molecule has 216 valence electrons. The maximum Gasteiger partial charge on any atom is 0.416 e. The normalized spacial score (nSPS) is 15.7. The highest BCUT2D eigenvalue weighted by Crippen LogP contribution is 2.38. The van der Waals surface area contributed by atoms with Gasteiger partial charge in [-0.1, -0.05) is 18.2 Å². The average Bonchev–Trinajstić information content (AvgIpc) is 3.48. The molecule has 2 aliphatic rings. The Hall–Kier alpha value is -4.51. The van der Waals surface area contributed by atoms with Gasteiger partial charge in [0, 0.05) is 41.2 Å². The molecule has 42 heavy (non-hydrogen) atoms. The molecule has 3 aromatic carbocycles. The summed E-state index contributed by atoms with van der Waals surface area (Å²) in [5.74, 6) is 1.04. The van der Waals surface area contributed by atoms with Crippen LogP contribution in [0.2, 0.25) is 0 Å². The Morgan fingerprint density at radius 1 is 0.929 bits per heavy atom. The Kier molecular flexibility index (Phi) is 7.05. The lowest BCUT2D eigenvalue weighted by atomic mass is 9.94. The number of aryl methyl sites for hydroxylation is 1. The molecule has 7 nitrogen and oxygen atoms in total. The predicted molar refractivity (Wildman–Crippen MR) is 154 cm³/mol. The SMILES string of the molecule is O=C1Nc2ccc(S(=O)(=O)Nc3ccc(C(F)(F)F)cc3)cc2C1=Cc1oc2c(c1CNc1ccccc1)CCCC2. The van der Waals surface area contributed by atoms with Crippen LogP contribution < -0.4 is 15.4 Å². The Balaban J connectivity index is 1.32. The van der Waals surface area contributed by atoms with Gasteiger partial charge in [0.25, 0.3) is 15.9 Å². The largest absolute Gasteiger partial charge is 0.461 e. The monoisotopic (exact) mass is 593 g/mol. The van der Waals surface area contributed by atoms with E-state index in [0.717, 1.165) is 72.5 Å². The van der Waals surface area contributed by atoms with Crippen LogP contribution in [0, 0.1) is 0 Å². The van der Waals surface area contributed by atoms with E-state index in [4.69, 9.17) is 4.42 Å². The third-order valence-electron chi connectivity index (χ3n) is 7.38. The molecule has 3 N–H and O–H groups in total.